The van der Waals surface area contributed by atoms with E-state index in [-0.39, 0.29) is 11.5 Å². The van der Waals surface area contributed by atoms with Gasteiger partial charge in [0.1, 0.15) is 0 Å². The van der Waals surface area contributed by atoms with Crippen LogP contribution in [0.4, 0.5) is 5.82 Å². The number of hydrogen-bond donors (Lipinski definition) is 2. The number of carbonyl (C=O) groups is 1. The fraction of sp³-hybridized carbons (Fsp3) is 0.115. The molecular weight excluding hydrogens is 418 g/mol. The van der Waals surface area contributed by atoms with E-state index in [1.807, 2.05) is 18.2 Å². The third-order valence-corrected chi connectivity index (χ3v) is 6.70. The van der Waals surface area contributed by atoms with Crippen LogP contribution in [0.25, 0.3) is 0 Å². The summed E-state index contributed by atoms with van der Waals surface area (Å²) in [5.41, 5.74) is 3.49. The number of rotatable bonds is 9. The first kappa shape index (κ1) is 21.6. The number of nitrogens with zero attached hydrogens (tertiary/aromatic N) is 2. The highest BCUT2D eigenvalue weighted by Crippen LogP contribution is 2.48. The summed E-state index contributed by atoms with van der Waals surface area (Å²) in [4.78, 5) is 19.5. The van der Waals surface area contributed by atoms with Crippen molar-refractivity contribution in [2.45, 2.75) is 4.75 Å². The van der Waals surface area contributed by atoms with Crippen molar-refractivity contribution in [2.24, 2.45) is 0 Å². The number of hydrogen-bond acceptors (Lipinski definition) is 5. The van der Waals surface area contributed by atoms with E-state index in [1.165, 1.54) is 29.1 Å². The zero-order valence-electron chi connectivity index (χ0n) is 17.4. The lowest BCUT2D eigenvalue weighted by Gasteiger charge is -2.35. The predicted octanol–water partition coefficient (Wildman–Crippen LogP) is 5.31. The lowest BCUT2D eigenvalue weighted by atomic mass is 9.84. The molecule has 0 aliphatic rings. The smallest absolute Gasteiger partial charge is 0.358 e. The van der Waals surface area contributed by atoms with Gasteiger partial charge >= 0.3 is 5.97 Å². The Morgan fingerprint density at radius 1 is 0.781 bits per heavy atom. The highest BCUT2D eigenvalue weighted by Gasteiger charge is 2.36. The number of carboxylic acid groups (broad SMARTS) is 1. The molecular formula is C26H23N3O2S. The van der Waals surface area contributed by atoms with Gasteiger partial charge in [0.25, 0.3) is 0 Å². The molecule has 2 N–H and O–H groups in total. The van der Waals surface area contributed by atoms with Gasteiger partial charge in [-0.05, 0) is 16.7 Å². The summed E-state index contributed by atoms with van der Waals surface area (Å²) < 4.78 is -0.413. The van der Waals surface area contributed by atoms with E-state index in [9.17, 15) is 9.90 Å². The van der Waals surface area contributed by atoms with Crippen molar-refractivity contribution in [3.05, 3.63) is 126 Å². The quantitative estimate of drug-likeness (QED) is 0.271. The molecule has 0 radical (unpaired) electrons. The third-order valence-electron chi connectivity index (χ3n) is 5.15. The van der Waals surface area contributed by atoms with Crippen LogP contribution in [0.2, 0.25) is 0 Å². The lowest BCUT2D eigenvalue weighted by Crippen LogP contribution is -2.27. The third kappa shape index (κ3) is 4.50. The number of aromatic nitrogens is 2. The van der Waals surface area contributed by atoms with Gasteiger partial charge in [-0.1, -0.05) is 91.0 Å². The van der Waals surface area contributed by atoms with Gasteiger partial charge in [0.15, 0.2) is 11.5 Å². The molecule has 0 fully saturated rings. The van der Waals surface area contributed by atoms with Crippen LogP contribution >= 0.6 is 11.8 Å². The number of thioether (sulfide) groups is 1. The molecule has 160 valence electrons. The van der Waals surface area contributed by atoms with Crippen LogP contribution in [0.15, 0.2) is 103 Å². The van der Waals surface area contributed by atoms with Gasteiger partial charge in [0, 0.05) is 24.7 Å². The van der Waals surface area contributed by atoms with Crippen molar-refractivity contribution in [3.8, 4) is 0 Å². The average Bonchev–Trinajstić information content (AvgIpc) is 2.86. The minimum Gasteiger partial charge on any atom is -0.476 e. The SMILES string of the molecule is O=C(O)c1nccnc1NCCSC(c1ccccc1)(c1ccccc1)c1ccccc1. The molecule has 4 aromatic rings. The van der Waals surface area contributed by atoms with E-state index in [1.54, 1.807) is 11.8 Å². The van der Waals surface area contributed by atoms with Gasteiger partial charge in [0.05, 0.1) is 4.75 Å². The molecule has 0 aliphatic heterocycles. The molecule has 1 aromatic heterocycles. The predicted molar refractivity (Wildman–Crippen MR) is 129 cm³/mol. The average molecular weight is 442 g/mol. The van der Waals surface area contributed by atoms with Gasteiger partial charge in [-0.2, -0.15) is 0 Å². The minimum absolute atomic E-state index is 0.0714. The molecule has 3 aromatic carbocycles. The second kappa shape index (κ2) is 10.1. The van der Waals surface area contributed by atoms with Crippen LogP contribution in [-0.4, -0.2) is 33.3 Å². The van der Waals surface area contributed by atoms with Gasteiger partial charge < -0.3 is 10.4 Å². The maximum Gasteiger partial charge on any atom is 0.358 e. The molecule has 5 nitrogen and oxygen atoms in total. The van der Waals surface area contributed by atoms with Gasteiger partial charge in [-0.3, -0.25) is 0 Å². The van der Waals surface area contributed by atoms with E-state index in [2.05, 4.69) is 88.1 Å². The molecule has 0 bridgehead atoms. The molecule has 0 spiro atoms. The number of aromatic carboxylic acids is 1. The summed E-state index contributed by atoms with van der Waals surface area (Å²) in [6.45, 7) is 0.540. The van der Waals surface area contributed by atoms with Crippen LogP contribution < -0.4 is 5.32 Å². The van der Waals surface area contributed by atoms with Crippen molar-refractivity contribution in [2.75, 3.05) is 17.6 Å². The summed E-state index contributed by atoms with van der Waals surface area (Å²) >= 11 is 1.80. The fourth-order valence-corrected chi connectivity index (χ4v) is 5.18. The van der Waals surface area contributed by atoms with Gasteiger partial charge in [0.2, 0.25) is 0 Å². The molecule has 0 unspecified atom stereocenters. The summed E-state index contributed by atoms with van der Waals surface area (Å²) in [6.07, 6.45) is 2.87. The zero-order chi connectivity index (χ0) is 22.2. The van der Waals surface area contributed by atoms with Crippen molar-refractivity contribution < 1.29 is 9.90 Å². The van der Waals surface area contributed by atoms with Crippen molar-refractivity contribution >= 4 is 23.5 Å². The van der Waals surface area contributed by atoms with Crippen LogP contribution in [0.3, 0.4) is 0 Å². The second-order valence-electron chi connectivity index (χ2n) is 7.11. The number of carboxylic acids is 1. The molecule has 6 heteroatoms. The summed E-state index contributed by atoms with van der Waals surface area (Å²) in [5, 5.41) is 12.5. The molecule has 32 heavy (non-hydrogen) atoms. The van der Waals surface area contributed by atoms with Crippen molar-refractivity contribution in [1.82, 2.24) is 9.97 Å². The van der Waals surface area contributed by atoms with Crippen molar-refractivity contribution in [1.29, 1.82) is 0 Å². The van der Waals surface area contributed by atoms with Crippen molar-refractivity contribution in [3.63, 3.8) is 0 Å². The standard InChI is InChI=1S/C26H23N3O2S/c30-25(31)23-24(28-17-16-27-23)29-18-19-32-26(20-10-4-1-5-11-20,21-12-6-2-7-13-21)22-14-8-3-9-15-22/h1-17H,18-19H2,(H,28,29)(H,30,31). The molecule has 0 amide bonds. The van der Waals surface area contributed by atoms with E-state index >= 15 is 0 Å². The number of anilines is 1. The fourth-order valence-electron chi connectivity index (χ4n) is 3.77. The summed E-state index contributed by atoms with van der Waals surface area (Å²) in [6, 6.07) is 31.4. The molecule has 1 heterocycles. The number of nitrogens with one attached hydrogen (secondary N) is 1. The highest BCUT2D eigenvalue weighted by molar-refractivity contribution is 8.00. The Kier molecular flexibility index (Phi) is 6.82. The first-order valence-corrected chi connectivity index (χ1v) is 11.3. The Balaban J connectivity index is 1.67. The molecule has 0 saturated carbocycles. The highest BCUT2D eigenvalue weighted by atomic mass is 32.2. The Labute approximate surface area is 191 Å². The van der Waals surface area contributed by atoms with E-state index < -0.39 is 10.7 Å². The Morgan fingerprint density at radius 3 is 1.72 bits per heavy atom. The second-order valence-corrected chi connectivity index (χ2v) is 8.42. The van der Waals surface area contributed by atoms with E-state index in [0.29, 0.717) is 12.3 Å². The normalized spacial score (nSPS) is 11.1. The molecule has 0 saturated heterocycles. The van der Waals surface area contributed by atoms with Gasteiger partial charge in [-0.15, -0.1) is 11.8 Å². The Hall–Kier alpha value is -3.64. The summed E-state index contributed by atoms with van der Waals surface area (Å²) in [7, 11) is 0. The van der Waals surface area contributed by atoms with Crippen LogP contribution in [-0.2, 0) is 4.75 Å². The molecule has 0 atom stereocenters. The van der Waals surface area contributed by atoms with Crippen LogP contribution in [0, 0.1) is 0 Å². The maximum atomic E-state index is 11.4. The topological polar surface area (TPSA) is 75.1 Å². The molecule has 0 aliphatic carbocycles. The lowest BCUT2D eigenvalue weighted by molar-refractivity contribution is 0.0691. The Bertz CT molecular complexity index is 1060. The minimum atomic E-state index is -1.10. The largest absolute Gasteiger partial charge is 0.476 e. The monoisotopic (exact) mass is 441 g/mol. The number of benzene rings is 3. The Morgan fingerprint density at radius 2 is 1.25 bits per heavy atom. The van der Waals surface area contributed by atoms with E-state index in [4.69, 9.17) is 0 Å². The maximum absolute atomic E-state index is 11.4. The molecule has 4 rings (SSSR count). The summed E-state index contributed by atoms with van der Waals surface area (Å²) in [5.74, 6) is -0.0975. The van der Waals surface area contributed by atoms with E-state index in [0.717, 1.165) is 0 Å². The zero-order valence-corrected chi connectivity index (χ0v) is 18.2. The first-order chi connectivity index (χ1) is 15.7. The first-order valence-electron chi connectivity index (χ1n) is 10.3. The van der Waals surface area contributed by atoms with Crippen LogP contribution in [0.1, 0.15) is 27.2 Å². The van der Waals surface area contributed by atoms with Gasteiger partial charge in [-0.25, -0.2) is 14.8 Å². The van der Waals surface area contributed by atoms with Crippen LogP contribution in [0.5, 0.6) is 0 Å².